The lowest BCUT2D eigenvalue weighted by Crippen LogP contribution is -2.13. The summed E-state index contributed by atoms with van der Waals surface area (Å²) in [5.41, 5.74) is -0.0970. The Morgan fingerprint density at radius 3 is 2.69 bits per heavy atom. The average molecular weight is 218 g/mol. The van der Waals surface area contributed by atoms with Crippen LogP contribution in [0.3, 0.4) is 0 Å². The van der Waals surface area contributed by atoms with Crippen molar-refractivity contribution in [3.63, 3.8) is 0 Å². The molecule has 2 aromatic heterocycles. The van der Waals surface area contributed by atoms with Gasteiger partial charge in [-0.15, -0.1) is 0 Å². The number of hydrogen-bond donors (Lipinski definition) is 1. The van der Waals surface area contributed by atoms with Gasteiger partial charge in [-0.05, 0) is 6.08 Å². The van der Waals surface area contributed by atoms with Crippen LogP contribution < -0.4 is 0 Å². The number of aromatic nitrogens is 4. The highest BCUT2D eigenvalue weighted by atomic mass is 16.5. The molecule has 0 bridgehead atoms. The minimum atomic E-state index is -0.0970. The number of imidazole rings is 1. The molecule has 0 radical (unpaired) electrons. The van der Waals surface area contributed by atoms with Gasteiger partial charge in [0.25, 0.3) is 5.89 Å². The van der Waals surface area contributed by atoms with Crippen LogP contribution in [0, 0.1) is 0 Å². The Kier molecular flexibility index (Phi) is 2.60. The summed E-state index contributed by atoms with van der Waals surface area (Å²) in [4.78, 5) is 11.3. The number of nitrogens with zero attached hydrogens (tertiary/aromatic N) is 3. The first-order valence-corrected chi connectivity index (χ1v) is 5.07. The highest BCUT2D eigenvalue weighted by Crippen LogP contribution is 2.18. The Balaban J connectivity index is 2.15. The first kappa shape index (κ1) is 10.6. The molecule has 2 rings (SSSR count). The Bertz CT molecular complexity index is 476. The van der Waals surface area contributed by atoms with Gasteiger partial charge in [0.15, 0.2) is 5.82 Å². The molecule has 0 amide bonds. The Labute approximate surface area is 93.6 Å². The van der Waals surface area contributed by atoms with Gasteiger partial charge in [-0.3, -0.25) is 0 Å². The SMILES string of the molecule is CC(C)(C)c1noc(/C=C/c2ncc[nH]2)n1. The van der Waals surface area contributed by atoms with E-state index in [0.717, 1.165) is 5.82 Å². The molecule has 2 aromatic rings. The van der Waals surface area contributed by atoms with E-state index in [1.54, 1.807) is 24.5 Å². The summed E-state index contributed by atoms with van der Waals surface area (Å²) in [6.07, 6.45) is 6.98. The third kappa shape index (κ3) is 2.36. The molecule has 0 aromatic carbocycles. The van der Waals surface area contributed by atoms with Crippen LogP contribution in [0.1, 0.15) is 38.3 Å². The highest BCUT2D eigenvalue weighted by Gasteiger charge is 2.19. The van der Waals surface area contributed by atoms with Crippen LogP contribution in [-0.2, 0) is 5.41 Å². The number of aromatic amines is 1. The third-order valence-electron chi connectivity index (χ3n) is 2.02. The van der Waals surface area contributed by atoms with Crippen LogP contribution in [0.15, 0.2) is 16.9 Å². The van der Waals surface area contributed by atoms with Crippen molar-refractivity contribution in [3.05, 3.63) is 29.9 Å². The van der Waals surface area contributed by atoms with Crippen molar-refractivity contribution < 1.29 is 4.52 Å². The summed E-state index contributed by atoms with van der Waals surface area (Å²) in [7, 11) is 0. The van der Waals surface area contributed by atoms with Gasteiger partial charge in [0.1, 0.15) is 5.82 Å². The third-order valence-corrected chi connectivity index (χ3v) is 2.02. The normalized spacial score (nSPS) is 12.4. The zero-order valence-electron chi connectivity index (χ0n) is 9.56. The predicted molar refractivity (Wildman–Crippen MR) is 60.5 cm³/mol. The van der Waals surface area contributed by atoms with Gasteiger partial charge in [0.2, 0.25) is 0 Å². The maximum Gasteiger partial charge on any atom is 0.250 e. The number of hydrogen-bond acceptors (Lipinski definition) is 4. The second-order valence-electron chi connectivity index (χ2n) is 4.51. The number of H-pyrrole nitrogens is 1. The summed E-state index contributed by atoms with van der Waals surface area (Å²) in [5, 5.41) is 3.92. The molecule has 0 saturated carbocycles. The second kappa shape index (κ2) is 3.92. The molecule has 1 N–H and O–H groups in total. The van der Waals surface area contributed by atoms with Gasteiger partial charge in [-0.2, -0.15) is 4.98 Å². The van der Waals surface area contributed by atoms with E-state index in [2.05, 4.69) is 20.1 Å². The van der Waals surface area contributed by atoms with Crippen LogP contribution in [0.2, 0.25) is 0 Å². The molecule has 0 atom stereocenters. The van der Waals surface area contributed by atoms with Crippen molar-refractivity contribution in [2.75, 3.05) is 0 Å². The zero-order chi connectivity index (χ0) is 11.6. The molecule has 5 heteroatoms. The minimum absolute atomic E-state index is 0.0970. The summed E-state index contributed by atoms with van der Waals surface area (Å²) in [6.45, 7) is 6.12. The van der Waals surface area contributed by atoms with E-state index in [1.165, 1.54) is 0 Å². The quantitative estimate of drug-likeness (QED) is 0.839. The summed E-state index contributed by atoms with van der Waals surface area (Å²) in [6, 6.07) is 0. The zero-order valence-corrected chi connectivity index (χ0v) is 9.56. The van der Waals surface area contributed by atoms with Crippen LogP contribution >= 0.6 is 0 Å². The van der Waals surface area contributed by atoms with E-state index < -0.39 is 0 Å². The van der Waals surface area contributed by atoms with Gasteiger partial charge in [-0.25, -0.2) is 4.98 Å². The molecule has 0 aliphatic rings. The van der Waals surface area contributed by atoms with E-state index >= 15 is 0 Å². The predicted octanol–water partition coefficient (Wildman–Crippen LogP) is 2.26. The Morgan fingerprint density at radius 2 is 2.12 bits per heavy atom. The van der Waals surface area contributed by atoms with Gasteiger partial charge in [-0.1, -0.05) is 25.9 Å². The fourth-order valence-electron chi connectivity index (χ4n) is 1.13. The smallest absolute Gasteiger partial charge is 0.250 e. The van der Waals surface area contributed by atoms with Gasteiger partial charge in [0.05, 0.1) is 0 Å². The molecule has 84 valence electrons. The minimum Gasteiger partial charge on any atom is -0.345 e. The van der Waals surface area contributed by atoms with Crippen LogP contribution in [-0.4, -0.2) is 20.1 Å². The van der Waals surface area contributed by atoms with Crippen molar-refractivity contribution in [2.24, 2.45) is 0 Å². The molecule has 0 saturated heterocycles. The van der Waals surface area contributed by atoms with Crippen molar-refractivity contribution >= 4 is 12.2 Å². The molecule has 0 fully saturated rings. The van der Waals surface area contributed by atoms with E-state index in [9.17, 15) is 0 Å². The van der Waals surface area contributed by atoms with Gasteiger partial charge < -0.3 is 9.51 Å². The fourth-order valence-corrected chi connectivity index (χ4v) is 1.13. The van der Waals surface area contributed by atoms with Crippen molar-refractivity contribution in [1.29, 1.82) is 0 Å². The van der Waals surface area contributed by atoms with E-state index in [0.29, 0.717) is 11.7 Å². The number of rotatable bonds is 2. The second-order valence-corrected chi connectivity index (χ2v) is 4.51. The van der Waals surface area contributed by atoms with Crippen LogP contribution in [0.4, 0.5) is 0 Å². The van der Waals surface area contributed by atoms with Crippen molar-refractivity contribution in [3.8, 4) is 0 Å². The highest BCUT2D eigenvalue weighted by molar-refractivity contribution is 5.61. The maximum atomic E-state index is 5.10. The molecular formula is C11H14N4O. The first-order chi connectivity index (χ1) is 7.55. The monoisotopic (exact) mass is 218 g/mol. The van der Waals surface area contributed by atoms with Crippen LogP contribution in [0.25, 0.3) is 12.2 Å². The topological polar surface area (TPSA) is 67.6 Å². The van der Waals surface area contributed by atoms with E-state index in [4.69, 9.17) is 4.52 Å². The maximum absolute atomic E-state index is 5.10. The largest absolute Gasteiger partial charge is 0.345 e. The first-order valence-electron chi connectivity index (χ1n) is 5.07. The molecule has 0 aliphatic carbocycles. The van der Waals surface area contributed by atoms with Gasteiger partial charge >= 0.3 is 0 Å². The average Bonchev–Trinajstić information content (AvgIpc) is 2.85. The number of nitrogens with one attached hydrogen (secondary N) is 1. The molecule has 0 unspecified atom stereocenters. The molecule has 0 aliphatic heterocycles. The van der Waals surface area contributed by atoms with Gasteiger partial charge in [0, 0.05) is 23.9 Å². The van der Waals surface area contributed by atoms with Crippen LogP contribution in [0.5, 0.6) is 0 Å². The Morgan fingerprint density at radius 1 is 1.31 bits per heavy atom. The van der Waals surface area contributed by atoms with Crippen molar-refractivity contribution in [2.45, 2.75) is 26.2 Å². The standard InChI is InChI=1S/C11H14N4O/c1-11(2,3)10-14-9(16-15-10)5-4-8-12-6-7-13-8/h4-7H,1-3H3,(H,12,13)/b5-4+. The molecule has 16 heavy (non-hydrogen) atoms. The van der Waals surface area contributed by atoms with E-state index in [-0.39, 0.29) is 5.41 Å². The molecule has 0 spiro atoms. The summed E-state index contributed by atoms with van der Waals surface area (Å²) >= 11 is 0. The Hall–Kier alpha value is -1.91. The van der Waals surface area contributed by atoms with Crippen molar-refractivity contribution in [1.82, 2.24) is 20.1 Å². The lowest BCUT2D eigenvalue weighted by Gasteiger charge is -2.10. The fraction of sp³-hybridized carbons (Fsp3) is 0.364. The lowest BCUT2D eigenvalue weighted by atomic mass is 9.96. The van der Waals surface area contributed by atoms with E-state index in [1.807, 2.05) is 20.8 Å². The lowest BCUT2D eigenvalue weighted by molar-refractivity contribution is 0.387. The molecular weight excluding hydrogens is 204 g/mol. The summed E-state index contributed by atoms with van der Waals surface area (Å²) < 4.78 is 5.10. The molecule has 2 heterocycles. The summed E-state index contributed by atoms with van der Waals surface area (Å²) in [5.74, 6) is 1.95. The molecule has 5 nitrogen and oxygen atoms in total.